The van der Waals surface area contributed by atoms with Crippen molar-refractivity contribution in [1.29, 1.82) is 0 Å². The molecule has 3 fully saturated rings. The Bertz CT molecular complexity index is 1420. The number of ether oxygens (including phenoxy) is 2. The molecule has 2 aromatic rings. The average Bonchev–Trinajstić information content (AvgIpc) is 3.49. The van der Waals surface area contributed by atoms with Gasteiger partial charge in [0.1, 0.15) is 18.4 Å². The van der Waals surface area contributed by atoms with E-state index in [9.17, 15) is 19.2 Å². The first-order valence-corrected chi connectivity index (χ1v) is 14.6. The van der Waals surface area contributed by atoms with Gasteiger partial charge in [-0.2, -0.15) is 0 Å². The molecule has 3 saturated heterocycles. The fraction of sp³-hybridized carbons (Fsp3) is 0.484. The largest absolute Gasteiger partial charge is 0.492 e. The van der Waals surface area contributed by atoms with Crippen molar-refractivity contribution in [3.8, 4) is 5.75 Å². The second kappa shape index (κ2) is 10.3. The van der Waals surface area contributed by atoms with Crippen LogP contribution in [0, 0.1) is 0 Å². The lowest BCUT2D eigenvalue weighted by molar-refractivity contribution is -0.148. The monoisotopic (exact) mass is 558 g/mol. The quantitative estimate of drug-likeness (QED) is 0.540. The van der Waals surface area contributed by atoms with Crippen molar-refractivity contribution in [3.63, 3.8) is 0 Å². The number of piperidine rings is 2. The van der Waals surface area contributed by atoms with E-state index in [0.717, 1.165) is 31.4 Å². The van der Waals surface area contributed by atoms with E-state index in [0.29, 0.717) is 50.6 Å². The molecule has 41 heavy (non-hydrogen) atoms. The lowest BCUT2D eigenvalue weighted by atomic mass is 9.83. The summed E-state index contributed by atoms with van der Waals surface area (Å²) in [6.07, 6.45) is 3.02. The van der Waals surface area contributed by atoms with Crippen LogP contribution in [0.1, 0.15) is 59.2 Å². The van der Waals surface area contributed by atoms with Crippen molar-refractivity contribution < 1.29 is 28.7 Å². The minimum absolute atomic E-state index is 0.129. The van der Waals surface area contributed by atoms with Gasteiger partial charge in [0.2, 0.25) is 17.7 Å². The molecular weight excluding hydrogens is 524 g/mol. The minimum atomic E-state index is -0.659. The van der Waals surface area contributed by atoms with Gasteiger partial charge in [0.05, 0.1) is 24.8 Å². The van der Waals surface area contributed by atoms with E-state index in [1.165, 1.54) is 16.0 Å². The molecule has 0 aromatic heterocycles. The number of hydrogen-bond acceptors (Lipinski definition) is 7. The predicted octanol–water partition coefficient (Wildman–Crippen LogP) is 1.95. The highest BCUT2D eigenvalue weighted by atomic mass is 16.5. The van der Waals surface area contributed by atoms with Crippen LogP contribution in [0.5, 0.6) is 5.75 Å². The Balaban J connectivity index is 0.929. The van der Waals surface area contributed by atoms with E-state index in [1.54, 1.807) is 12.1 Å². The van der Waals surface area contributed by atoms with Crippen molar-refractivity contribution in [2.75, 3.05) is 32.8 Å². The van der Waals surface area contributed by atoms with Gasteiger partial charge in [-0.3, -0.25) is 29.4 Å². The zero-order valence-electron chi connectivity index (χ0n) is 23.0. The number of amides is 4. The second-order valence-corrected chi connectivity index (χ2v) is 11.6. The highest BCUT2D eigenvalue weighted by Crippen LogP contribution is 2.44. The summed E-state index contributed by atoms with van der Waals surface area (Å²) >= 11 is 0. The van der Waals surface area contributed by atoms with Crippen LogP contribution >= 0.6 is 0 Å². The SMILES string of the molecule is O=C1CCC(N2Cc3c(OCCN4CCC4C(=O)N4CCC5(CC4)OCc4ccccc45)cccc3C2=O)C(=O)N1. The van der Waals surface area contributed by atoms with Crippen LogP contribution in [0.3, 0.4) is 0 Å². The highest BCUT2D eigenvalue weighted by molar-refractivity contribution is 6.05. The molecule has 10 nitrogen and oxygen atoms in total. The maximum atomic E-state index is 13.4. The highest BCUT2D eigenvalue weighted by Gasteiger charge is 2.45. The zero-order valence-corrected chi connectivity index (χ0v) is 23.0. The number of rotatable bonds is 6. The second-order valence-electron chi connectivity index (χ2n) is 11.6. The minimum Gasteiger partial charge on any atom is -0.492 e. The van der Waals surface area contributed by atoms with Crippen LogP contribution in [-0.4, -0.2) is 83.2 Å². The summed E-state index contributed by atoms with van der Waals surface area (Å²) in [5.74, 6) is -0.151. The molecule has 0 aliphatic carbocycles. The standard InChI is InChI=1S/C31H34N4O6/c36-27-9-8-24(28(37)32-27)35-18-22-21(29(35)38)5-3-7-26(22)40-17-16-33-13-10-25(33)30(39)34-14-11-31(12-15-34)23-6-2-1-4-20(23)19-41-31/h1-7,24-25H,8-19H2,(H,32,36,37). The predicted molar refractivity (Wildman–Crippen MR) is 147 cm³/mol. The lowest BCUT2D eigenvalue weighted by Crippen LogP contribution is -2.59. The Labute approximate surface area is 238 Å². The number of carbonyl (C=O) groups excluding carboxylic acids is 4. The van der Waals surface area contributed by atoms with Crippen LogP contribution in [-0.2, 0) is 37.9 Å². The maximum absolute atomic E-state index is 13.4. The van der Waals surface area contributed by atoms with Gasteiger partial charge in [-0.25, -0.2) is 0 Å². The summed E-state index contributed by atoms with van der Waals surface area (Å²) in [4.78, 5) is 56.1. The van der Waals surface area contributed by atoms with Crippen molar-refractivity contribution in [2.45, 2.75) is 62.9 Å². The fourth-order valence-electron chi connectivity index (χ4n) is 7.05. The molecule has 4 amide bonds. The number of fused-ring (bicyclic) bond motifs is 3. The van der Waals surface area contributed by atoms with Gasteiger partial charge in [0.25, 0.3) is 5.91 Å². The number of likely N-dealkylation sites (tertiary alicyclic amines) is 2. The molecule has 5 aliphatic heterocycles. The van der Waals surface area contributed by atoms with Gasteiger partial charge < -0.3 is 19.3 Å². The number of nitrogens with zero attached hydrogens (tertiary/aromatic N) is 3. The molecule has 2 unspecified atom stereocenters. The van der Waals surface area contributed by atoms with E-state index >= 15 is 0 Å². The maximum Gasteiger partial charge on any atom is 0.255 e. The van der Waals surface area contributed by atoms with Gasteiger partial charge in [0.15, 0.2) is 0 Å². The summed E-state index contributed by atoms with van der Waals surface area (Å²) in [6.45, 7) is 4.16. The Hall–Kier alpha value is -3.76. The molecule has 2 atom stereocenters. The summed E-state index contributed by atoms with van der Waals surface area (Å²) in [5.41, 5.74) is 3.57. The Morgan fingerprint density at radius 3 is 2.63 bits per heavy atom. The molecule has 5 aliphatic rings. The van der Waals surface area contributed by atoms with E-state index in [2.05, 4.69) is 34.5 Å². The molecule has 214 valence electrons. The van der Waals surface area contributed by atoms with Crippen molar-refractivity contribution in [1.82, 2.24) is 20.0 Å². The van der Waals surface area contributed by atoms with Crippen molar-refractivity contribution >= 4 is 23.6 Å². The first kappa shape index (κ1) is 26.2. The topological polar surface area (TPSA) is 108 Å². The average molecular weight is 559 g/mol. The Morgan fingerprint density at radius 1 is 1.02 bits per heavy atom. The molecule has 1 spiro atoms. The van der Waals surface area contributed by atoms with E-state index in [4.69, 9.17) is 9.47 Å². The van der Waals surface area contributed by atoms with E-state index in [1.807, 2.05) is 11.0 Å². The number of imide groups is 1. The molecule has 10 heteroatoms. The van der Waals surface area contributed by atoms with Crippen molar-refractivity contribution in [3.05, 3.63) is 64.7 Å². The first-order chi connectivity index (χ1) is 19.9. The third kappa shape index (κ3) is 4.49. The molecule has 1 N–H and O–H groups in total. The molecule has 0 radical (unpaired) electrons. The summed E-state index contributed by atoms with van der Waals surface area (Å²) in [7, 11) is 0. The Kier molecular flexibility index (Phi) is 6.54. The summed E-state index contributed by atoms with van der Waals surface area (Å²) in [6, 6.07) is 13.0. The van der Waals surface area contributed by atoms with Gasteiger partial charge in [0, 0.05) is 43.7 Å². The summed E-state index contributed by atoms with van der Waals surface area (Å²) < 4.78 is 12.4. The third-order valence-electron chi connectivity index (χ3n) is 9.49. The van der Waals surface area contributed by atoms with Gasteiger partial charge in [-0.05, 0) is 48.9 Å². The van der Waals surface area contributed by atoms with Crippen LogP contribution in [0.4, 0.5) is 0 Å². The zero-order chi connectivity index (χ0) is 28.1. The Morgan fingerprint density at radius 2 is 1.85 bits per heavy atom. The van der Waals surface area contributed by atoms with Crippen molar-refractivity contribution in [2.24, 2.45) is 0 Å². The molecular formula is C31H34N4O6. The molecule has 7 rings (SSSR count). The normalized spacial score (nSPS) is 25.1. The number of carbonyl (C=O) groups is 4. The fourth-order valence-corrected chi connectivity index (χ4v) is 7.05. The van der Waals surface area contributed by atoms with Gasteiger partial charge in [-0.1, -0.05) is 30.3 Å². The molecule has 5 heterocycles. The van der Waals surface area contributed by atoms with Crippen LogP contribution in [0.2, 0.25) is 0 Å². The van der Waals surface area contributed by atoms with Gasteiger partial charge in [-0.15, -0.1) is 0 Å². The number of benzene rings is 2. The number of nitrogens with one attached hydrogen (secondary N) is 1. The third-order valence-corrected chi connectivity index (χ3v) is 9.49. The smallest absolute Gasteiger partial charge is 0.255 e. The molecule has 0 bridgehead atoms. The van der Waals surface area contributed by atoms with E-state index in [-0.39, 0.29) is 42.3 Å². The molecule has 2 aromatic carbocycles. The lowest BCUT2D eigenvalue weighted by Gasteiger charge is -2.45. The van der Waals surface area contributed by atoms with Crippen LogP contribution in [0.15, 0.2) is 42.5 Å². The summed E-state index contributed by atoms with van der Waals surface area (Å²) in [5, 5.41) is 2.34. The molecule has 0 saturated carbocycles. The van der Waals surface area contributed by atoms with Crippen LogP contribution < -0.4 is 10.1 Å². The first-order valence-electron chi connectivity index (χ1n) is 14.6. The van der Waals surface area contributed by atoms with E-state index < -0.39 is 11.9 Å². The van der Waals surface area contributed by atoms with Crippen LogP contribution in [0.25, 0.3) is 0 Å². The number of hydrogen-bond donors (Lipinski definition) is 1. The van der Waals surface area contributed by atoms with Gasteiger partial charge >= 0.3 is 0 Å².